The minimum Gasteiger partial charge on any atom is 0 e. The second-order valence-corrected chi connectivity index (χ2v) is 0. The van der Waals surface area contributed by atoms with Gasteiger partial charge < -0.3 is 2.85 Å². The maximum atomic E-state index is 8.28. The van der Waals surface area contributed by atoms with Crippen molar-refractivity contribution in [2.24, 2.45) is 0 Å². The summed E-state index contributed by atoms with van der Waals surface area (Å²) in [5.74, 6) is 0. The molecule has 0 spiro atoms. The molecule has 0 unspecified atom stereocenters. The van der Waals surface area contributed by atoms with E-state index in [1.807, 2.05) is 0 Å². The molecule has 0 aliphatic carbocycles. The average Bonchev–Trinajstić information content (AvgIpc) is 1.00. The first-order valence-electron chi connectivity index (χ1n) is 0.289. The molecule has 0 aromatic heterocycles. The standard InChI is InChI=1S/Al.Ba.O.Pt.3H/q;+2;;;;2*-1. The molecule has 24 valence electrons. The first kappa shape index (κ1) is 16.0. The Hall–Kier alpha value is 2.59. The molecule has 4 heavy (non-hydrogen) atoms. The Balaban J connectivity index is -0.000000000833. The molecule has 0 fully saturated rings. The van der Waals surface area contributed by atoms with Gasteiger partial charge >= 0.3 is 68.9 Å². The molecule has 0 aromatic rings. The predicted octanol–water partition coefficient (Wildman–Crippen LogP) is -0.926. The van der Waals surface area contributed by atoms with Crippen molar-refractivity contribution in [3.63, 3.8) is 0 Å². The van der Waals surface area contributed by atoms with E-state index in [0.717, 1.165) is 0 Å². The first-order valence-corrected chi connectivity index (χ1v) is 0.866. The van der Waals surface area contributed by atoms with Gasteiger partial charge in [0.1, 0.15) is 0 Å². The summed E-state index contributed by atoms with van der Waals surface area (Å²) in [6.07, 6.45) is 0. The van der Waals surface area contributed by atoms with Crippen LogP contribution in [0, 0.1) is 0 Å². The van der Waals surface area contributed by atoms with Crippen LogP contribution in [-0.4, -0.2) is 65.1 Å². The Bertz CT molecular complexity index is 13.5. The zero-order valence-electron chi connectivity index (χ0n) is 4.14. The van der Waals surface area contributed by atoms with Crippen LogP contribution in [0.3, 0.4) is 0 Å². The molecule has 0 saturated carbocycles. The quantitative estimate of drug-likeness (QED) is 0.498. The molecule has 4 heteroatoms. The minimum atomic E-state index is 0. The summed E-state index contributed by atoms with van der Waals surface area (Å²) in [6.45, 7) is 0. The second kappa shape index (κ2) is 17.6. The molecule has 0 amide bonds. The van der Waals surface area contributed by atoms with Crippen LogP contribution in [0.2, 0.25) is 0 Å². The van der Waals surface area contributed by atoms with Crippen LogP contribution < -0.4 is 0 Å². The molecular formula is H3AlBaOPt. The molecule has 0 aliphatic heterocycles. The first-order chi connectivity index (χ1) is 1.00. The summed E-state index contributed by atoms with van der Waals surface area (Å²) in [4.78, 5) is 0. The van der Waals surface area contributed by atoms with E-state index >= 15 is 0 Å². The third-order valence-electron chi connectivity index (χ3n) is 0. The van der Waals surface area contributed by atoms with Crippen LogP contribution in [-0.2, 0) is 24.9 Å². The topological polar surface area (TPSA) is 17.1 Å². The van der Waals surface area contributed by atoms with Gasteiger partial charge in [-0.15, -0.1) is 0 Å². The molecule has 0 radical (unpaired) electrons. The van der Waals surface area contributed by atoms with Gasteiger partial charge in [0.25, 0.3) is 0 Å². The number of rotatable bonds is 0. The molecule has 0 N–H and O–H groups in total. The molecule has 0 heterocycles. The third-order valence-corrected chi connectivity index (χ3v) is 0. The minimum absolute atomic E-state index is 0. The van der Waals surface area contributed by atoms with Crippen molar-refractivity contribution in [1.29, 1.82) is 0 Å². The Morgan fingerprint density at radius 2 is 1.50 bits per heavy atom. The summed E-state index contributed by atoms with van der Waals surface area (Å²) in [7, 11) is 0. The fourth-order valence-electron chi connectivity index (χ4n) is 0. The molecule has 0 atom stereocenters. The van der Waals surface area contributed by atoms with E-state index in [4.69, 9.17) is 3.80 Å². The zero-order chi connectivity index (χ0) is 2.00. The van der Waals surface area contributed by atoms with Gasteiger partial charge in [-0.3, -0.25) is 0 Å². The maximum Gasteiger partial charge on any atom is 0 e. The summed E-state index contributed by atoms with van der Waals surface area (Å²) in [6, 6.07) is 0. The van der Waals surface area contributed by atoms with E-state index < -0.39 is 0 Å². The van der Waals surface area contributed by atoms with Crippen LogP contribution in [0.4, 0.5) is 0 Å². The molecule has 0 saturated heterocycles. The predicted molar refractivity (Wildman–Crippen MR) is 15.8 cm³/mol. The normalized spacial score (nSPS) is 0.750. The van der Waals surface area contributed by atoms with Crippen molar-refractivity contribution in [2.45, 2.75) is 0 Å². The number of hydrogen-bond acceptors (Lipinski definition) is 1. The largest absolute Gasteiger partial charge is 0 e. The van der Waals surface area contributed by atoms with Crippen molar-refractivity contribution in [3.8, 4) is 0 Å². The molecular weight excluding hydrogens is 375 g/mol. The van der Waals surface area contributed by atoms with Gasteiger partial charge in [-0.05, 0) is 0 Å². The van der Waals surface area contributed by atoms with Gasteiger partial charge in [0.05, 0.1) is 0 Å². The third kappa shape index (κ3) is 8.82. The Kier molecular flexibility index (Phi) is 70.1. The monoisotopic (exact) mass is 379 g/mol. The average molecular weight is 378 g/mol. The smallest absolute Gasteiger partial charge is 0 e. The number of hydrogen-bond donors (Lipinski definition) is 0. The molecule has 0 bridgehead atoms. The van der Waals surface area contributed by atoms with Crippen molar-refractivity contribution >= 4 is 65.1 Å². The van der Waals surface area contributed by atoms with E-state index in [2.05, 4.69) is 0 Å². The fourth-order valence-corrected chi connectivity index (χ4v) is 0. The van der Waals surface area contributed by atoms with Crippen LogP contribution in [0.25, 0.3) is 0 Å². The summed E-state index contributed by atoms with van der Waals surface area (Å²) in [5.41, 5.74) is 0. The van der Waals surface area contributed by atoms with Crippen LogP contribution in [0.15, 0.2) is 0 Å². The van der Waals surface area contributed by atoms with Crippen LogP contribution in [0.1, 0.15) is 2.85 Å². The van der Waals surface area contributed by atoms with Gasteiger partial charge in [-0.2, -0.15) is 0 Å². The second-order valence-electron chi connectivity index (χ2n) is 0. The van der Waals surface area contributed by atoms with E-state index in [1.165, 1.54) is 0 Å². The van der Waals surface area contributed by atoms with Gasteiger partial charge in [0.2, 0.25) is 0 Å². The fraction of sp³-hybridized carbons (Fsp3) is 0. The molecule has 0 aromatic carbocycles. The SMILES string of the molecule is [Ba+2].[H-].[H-].[O]=[AlH].[Pt]. The van der Waals surface area contributed by atoms with Crippen molar-refractivity contribution in [2.75, 3.05) is 0 Å². The van der Waals surface area contributed by atoms with Crippen molar-refractivity contribution < 1.29 is 27.7 Å². The van der Waals surface area contributed by atoms with Crippen LogP contribution >= 0.6 is 0 Å². The van der Waals surface area contributed by atoms with E-state index in [-0.39, 0.29) is 72.8 Å². The van der Waals surface area contributed by atoms with Crippen LogP contribution in [0.5, 0.6) is 0 Å². The van der Waals surface area contributed by atoms with Crippen molar-refractivity contribution in [1.82, 2.24) is 0 Å². The van der Waals surface area contributed by atoms with Crippen molar-refractivity contribution in [3.05, 3.63) is 0 Å². The Morgan fingerprint density at radius 1 is 1.50 bits per heavy atom. The Morgan fingerprint density at radius 3 is 1.50 bits per heavy atom. The van der Waals surface area contributed by atoms with E-state index in [9.17, 15) is 0 Å². The van der Waals surface area contributed by atoms with Gasteiger partial charge in [-0.25, -0.2) is 0 Å². The van der Waals surface area contributed by atoms with Gasteiger partial charge in [-0.1, -0.05) is 0 Å². The zero-order valence-corrected chi connectivity index (χ0v) is 10.3. The van der Waals surface area contributed by atoms with E-state index in [0.29, 0.717) is 16.2 Å². The maximum absolute atomic E-state index is 8.28. The van der Waals surface area contributed by atoms with Gasteiger partial charge in [0, 0.05) is 21.1 Å². The molecule has 1 nitrogen and oxygen atoms in total. The summed E-state index contributed by atoms with van der Waals surface area (Å²) in [5, 5.41) is 0. The van der Waals surface area contributed by atoms with Gasteiger partial charge in [0.15, 0.2) is 0 Å². The molecule has 0 rings (SSSR count). The molecule has 0 aliphatic rings. The van der Waals surface area contributed by atoms with E-state index in [1.54, 1.807) is 0 Å². The summed E-state index contributed by atoms with van der Waals surface area (Å²) < 4.78 is 8.28. The Labute approximate surface area is 90.8 Å². The summed E-state index contributed by atoms with van der Waals surface area (Å²) >= 11 is 0.611.